The number of nitriles is 1. The number of pyridine rings is 1. The molecule has 0 unspecified atom stereocenters. The van der Waals surface area contributed by atoms with Gasteiger partial charge in [0.1, 0.15) is 11.4 Å². The fourth-order valence-electron chi connectivity index (χ4n) is 3.36. The Kier molecular flexibility index (Phi) is 4.06. The van der Waals surface area contributed by atoms with Crippen molar-refractivity contribution in [3.63, 3.8) is 0 Å². The van der Waals surface area contributed by atoms with Gasteiger partial charge in [0.15, 0.2) is 11.6 Å². The van der Waals surface area contributed by atoms with Gasteiger partial charge in [0, 0.05) is 18.5 Å². The normalized spacial score (nSPS) is 10.8. The van der Waals surface area contributed by atoms with Crippen molar-refractivity contribution in [2.24, 2.45) is 7.05 Å². The van der Waals surface area contributed by atoms with Gasteiger partial charge in [-0.2, -0.15) is 5.26 Å². The van der Waals surface area contributed by atoms with E-state index in [4.69, 9.17) is 16.4 Å². The monoisotopic (exact) mass is 390 g/mol. The zero-order chi connectivity index (χ0) is 20.9. The molecule has 0 aliphatic heterocycles. The van der Waals surface area contributed by atoms with E-state index in [0.29, 0.717) is 27.7 Å². The molecule has 0 amide bonds. The molecule has 2 heterocycles. The van der Waals surface area contributed by atoms with Crippen molar-refractivity contribution >= 4 is 21.9 Å². The first-order chi connectivity index (χ1) is 13.9. The second-order valence-corrected chi connectivity index (χ2v) is 6.28. The first-order valence-electron chi connectivity index (χ1n) is 8.35. The van der Waals surface area contributed by atoms with Gasteiger partial charge in [0.05, 0.1) is 47.1 Å². The average molecular weight is 390 g/mol. The van der Waals surface area contributed by atoms with Gasteiger partial charge in [-0.15, -0.1) is 6.42 Å². The van der Waals surface area contributed by atoms with Gasteiger partial charge in [-0.1, -0.05) is 5.92 Å². The number of fused-ring (bicyclic) bond motifs is 3. The number of aromatic nitrogens is 3. The molecule has 2 aromatic carbocycles. The molecule has 6 nitrogen and oxygen atoms in total. The zero-order valence-corrected chi connectivity index (χ0v) is 15.3. The number of hydrogen-bond acceptors (Lipinski definition) is 4. The summed E-state index contributed by atoms with van der Waals surface area (Å²) in [5, 5.41) is 9.36. The van der Waals surface area contributed by atoms with Crippen LogP contribution in [-0.4, -0.2) is 21.2 Å². The van der Waals surface area contributed by atoms with Gasteiger partial charge in [-0.05, 0) is 18.2 Å². The Bertz CT molecular complexity index is 1450. The minimum atomic E-state index is -1.04. The summed E-state index contributed by atoms with van der Waals surface area (Å²) in [5.41, 5.74) is -0.00832. The summed E-state index contributed by atoms with van der Waals surface area (Å²) in [7, 11) is 2.93. The molecule has 0 saturated heterocycles. The Balaban J connectivity index is 2.23. The number of imidazole rings is 1. The number of methoxy groups -OCH3 is 1. The van der Waals surface area contributed by atoms with E-state index >= 15 is 0 Å². The van der Waals surface area contributed by atoms with Crippen molar-refractivity contribution in [1.82, 2.24) is 14.1 Å². The molecule has 4 rings (SSSR count). The Morgan fingerprint density at radius 3 is 2.48 bits per heavy atom. The van der Waals surface area contributed by atoms with Gasteiger partial charge in [0.2, 0.25) is 0 Å². The van der Waals surface area contributed by atoms with Crippen molar-refractivity contribution in [3.8, 4) is 29.8 Å². The highest BCUT2D eigenvalue weighted by molar-refractivity contribution is 6.04. The number of nitrogens with zero attached hydrogens (tertiary/aromatic N) is 4. The lowest BCUT2D eigenvalue weighted by atomic mass is 10.1. The van der Waals surface area contributed by atoms with E-state index in [1.54, 1.807) is 18.2 Å². The summed E-state index contributed by atoms with van der Waals surface area (Å²) in [6, 6.07) is 6.62. The van der Waals surface area contributed by atoms with E-state index < -0.39 is 23.0 Å². The zero-order valence-electron chi connectivity index (χ0n) is 15.3. The number of hydrogen-bond donors (Lipinski definition) is 0. The molecule has 29 heavy (non-hydrogen) atoms. The first kappa shape index (κ1) is 18.2. The number of terminal acetylenes is 1. The first-order valence-corrected chi connectivity index (χ1v) is 8.35. The molecule has 0 bridgehead atoms. The van der Waals surface area contributed by atoms with E-state index in [-0.39, 0.29) is 11.1 Å². The Morgan fingerprint density at radius 1 is 1.21 bits per heavy atom. The number of rotatable bonds is 2. The smallest absolute Gasteiger partial charge is 0.333 e. The lowest BCUT2D eigenvalue weighted by molar-refractivity contribution is 0.414. The molecule has 4 aromatic rings. The van der Waals surface area contributed by atoms with E-state index in [2.05, 4.69) is 10.9 Å². The van der Waals surface area contributed by atoms with Crippen LogP contribution in [0.15, 0.2) is 35.3 Å². The molecular formula is C21H12F2N4O2. The third-order valence-corrected chi connectivity index (χ3v) is 4.73. The van der Waals surface area contributed by atoms with Gasteiger partial charge >= 0.3 is 5.69 Å². The largest absolute Gasteiger partial charge is 0.495 e. The number of benzene rings is 2. The molecule has 0 atom stereocenters. The molecule has 0 N–H and O–H groups in total. The van der Waals surface area contributed by atoms with Crippen molar-refractivity contribution in [3.05, 3.63) is 63.7 Å². The van der Waals surface area contributed by atoms with E-state index in [9.17, 15) is 13.6 Å². The average Bonchev–Trinajstić information content (AvgIpc) is 2.97. The third kappa shape index (κ3) is 2.54. The third-order valence-electron chi connectivity index (χ3n) is 4.73. The molecule has 0 saturated carbocycles. The highest BCUT2D eigenvalue weighted by atomic mass is 19.1. The number of ether oxygens (including phenoxy) is 1. The van der Waals surface area contributed by atoms with Crippen LogP contribution in [0.2, 0.25) is 0 Å². The molecule has 0 aliphatic carbocycles. The van der Waals surface area contributed by atoms with Crippen LogP contribution in [0.25, 0.3) is 27.6 Å². The summed E-state index contributed by atoms with van der Waals surface area (Å²) >= 11 is 0. The molecule has 8 heteroatoms. The summed E-state index contributed by atoms with van der Waals surface area (Å²) in [6.45, 7) is 0. The van der Waals surface area contributed by atoms with E-state index in [1.807, 2.05) is 0 Å². The second kappa shape index (κ2) is 6.47. The summed E-state index contributed by atoms with van der Waals surface area (Å²) in [6.07, 6.45) is 6.99. The maximum Gasteiger partial charge on any atom is 0.333 e. The summed E-state index contributed by atoms with van der Waals surface area (Å²) < 4.78 is 36.9. The highest BCUT2D eigenvalue weighted by Gasteiger charge is 2.22. The molecule has 0 fully saturated rings. The van der Waals surface area contributed by atoms with E-state index in [1.165, 1.54) is 24.9 Å². The number of halogens is 2. The second-order valence-electron chi connectivity index (χ2n) is 6.28. The van der Waals surface area contributed by atoms with Crippen LogP contribution < -0.4 is 10.4 Å². The molecule has 2 aromatic heterocycles. The standard InChI is InChI=1S/C21H12F2N4O2/c1-4-12-7-13-16(8-18(12)29-3)25-10-17-19(13)27(21(28)26(17)2)20-14(22)5-11(9-24)6-15(20)23/h1,5-8,10H,2-3H3. The topological polar surface area (TPSA) is 72.8 Å². The van der Waals surface area contributed by atoms with Gasteiger partial charge < -0.3 is 4.74 Å². The van der Waals surface area contributed by atoms with Crippen LogP contribution in [0.4, 0.5) is 8.78 Å². The maximum atomic E-state index is 14.7. The van der Waals surface area contributed by atoms with Crippen molar-refractivity contribution in [2.75, 3.05) is 7.11 Å². The van der Waals surface area contributed by atoms with Crippen molar-refractivity contribution in [1.29, 1.82) is 5.26 Å². The fraction of sp³-hybridized carbons (Fsp3) is 0.0952. The van der Waals surface area contributed by atoms with Crippen LogP contribution in [0.3, 0.4) is 0 Å². The van der Waals surface area contributed by atoms with Crippen LogP contribution >= 0.6 is 0 Å². The molecular weight excluding hydrogens is 378 g/mol. The van der Waals surface area contributed by atoms with E-state index in [0.717, 1.165) is 16.7 Å². The quantitative estimate of drug-likeness (QED) is 0.493. The SMILES string of the molecule is C#Cc1cc2c(cc1OC)ncc1c2n(-c2c(F)cc(C#N)cc2F)c(=O)n1C. The minimum Gasteiger partial charge on any atom is -0.495 e. The summed E-state index contributed by atoms with van der Waals surface area (Å²) in [4.78, 5) is 17.2. The van der Waals surface area contributed by atoms with Gasteiger partial charge in [0.25, 0.3) is 0 Å². The lowest BCUT2D eigenvalue weighted by Crippen LogP contribution is -2.22. The predicted octanol–water partition coefficient (Wildman–Crippen LogP) is 3.02. The van der Waals surface area contributed by atoms with Crippen LogP contribution in [0.5, 0.6) is 5.75 Å². The maximum absolute atomic E-state index is 14.7. The predicted molar refractivity (Wildman–Crippen MR) is 103 cm³/mol. The van der Waals surface area contributed by atoms with Gasteiger partial charge in [-0.25, -0.2) is 13.6 Å². The van der Waals surface area contributed by atoms with Crippen LogP contribution in [0.1, 0.15) is 11.1 Å². The Morgan fingerprint density at radius 2 is 1.90 bits per heavy atom. The van der Waals surface area contributed by atoms with Crippen LogP contribution in [-0.2, 0) is 7.05 Å². The Labute approximate surface area is 163 Å². The highest BCUT2D eigenvalue weighted by Crippen LogP contribution is 2.31. The molecule has 0 aliphatic rings. The fourth-order valence-corrected chi connectivity index (χ4v) is 3.36. The molecule has 0 spiro atoms. The number of aryl methyl sites for hydroxylation is 1. The van der Waals surface area contributed by atoms with Crippen molar-refractivity contribution < 1.29 is 13.5 Å². The lowest BCUT2D eigenvalue weighted by Gasteiger charge is -2.10. The van der Waals surface area contributed by atoms with Gasteiger partial charge in [-0.3, -0.25) is 14.1 Å². The van der Waals surface area contributed by atoms with Crippen molar-refractivity contribution in [2.45, 2.75) is 0 Å². The minimum absolute atomic E-state index is 0.192. The van der Waals surface area contributed by atoms with Crippen LogP contribution in [0, 0.1) is 35.3 Å². The Hall–Kier alpha value is -4.17. The molecule has 0 radical (unpaired) electrons. The summed E-state index contributed by atoms with van der Waals surface area (Å²) in [5.74, 6) is 0.830. The molecule has 142 valence electrons.